The lowest BCUT2D eigenvalue weighted by Gasteiger charge is -2.19. The summed E-state index contributed by atoms with van der Waals surface area (Å²) in [6.07, 6.45) is -0.482. The number of carbonyl (C=O) groups excluding carboxylic acids is 1. The van der Waals surface area contributed by atoms with Gasteiger partial charge in [-0.2, -0.15) is 0 Å². The molecule has 72 valence electrons. The predicted molar refractivity (Wildman–Crippen MR) is 47.6 cm³/mol. The minimum absolute atomic E-state index is 0.351. The molecule has 0 rings (SSSR count). The molecule has 0 aliphatic heterocycles. The molecule has 4 heteroatoms. The Morgan fingerprint density at radius 2 is 2.17 bits per heavy atom. The second-order valence-corrected chi connectivity index (χ2v) is 3.63. The van der Waals surface area contributed by atoms with E-state index < -0.39 is 11.6 Å². The fraction of sp³-hybridized carbons (Fsp3) is 0.875. The molecule has 12 heavy (non-hydrogen) atoms. The highest BCUT2D eigenvalue weighted by molar-refractivity contribution is 5.80. The van der Waals surface area contributed by atoms with Gasteiger partial charge in [0.15, 0.2) is 0 Å². The van der Waals surface area contributed by atoms with Crippen LogP contribution in [0.25, 0.3) is 0 Å². The zero-order chi connectivity index (χ0) is 9.78. The lowest BCUT2D eigenvalue weighted by atomic mass is 10.1. The van der Waals surface area contributed by atoms with Gasteiger partial charge in [0.25, 0.3) is 0 Å². The van der Waals surface area contributed by atoms with Gasteiger partial charge in [-0.1, -0.05) is 6.92 Å². The minimum atomic E-state index is -0.910. The molecule has 0 aliphatic carbocycles. The normalized spacial score (nSPS) is 14.1. The van der Waals surface area contributed by atoms with Crippen LogP contribution in [0, 0.1) is 0 Å². The van der Waals surface area contributed by atoms with Gasteiger partial charge in [0.1, 0.15) is 6.10 Å². The first-order valence-electron chi connectivity index (χ1n) is 4.11. The molecule has 0 aromatic rings. The smallest absolute Gasteiger partial charge is 0.248 e. The highest BCUT2D eigenvalue weighted by Crippen LogP contribution is 1.94. The average Bonchev–Trinajstić information content (AvgIpc) is 1.97. The third kappa shape index (κ3) is 5.09. The van der Waals surface area contributed by atoms with Crippen molar-refractivity contribution < 1.29 is 9.90 Å². The maximum atomic E-state index is 11.0. The molecule has 1 unspecified atom stereocenters. The summed E-state index contributed by atoms with van der Waals surface area (Å²) in [4.78, 5) is 11.0. The number of hydrogen-bond acceptors (Lipinski definition) is 3. The van der Waals surface area contributed by atoms with Gasteiger partial charge in [0.2, 0.25) is 5.91 Å². The zero-order valence-corrected chi connectivity index (χ0v) is 7.92. The van der Waals surface area contributed by atoms with Crippen LogP contribution in [0.15, 0.2) is 0 Å². The molecule has 0 saturated carbocycles. The van der Waals surface area contributed by atoms with Crippen molar-refractivity contribution in [2.24, 2.45) is 5.73 Å². The third-order valence-corrected chi connectivity index (χ3v) is 1.41. The van der Waals surface area contributed by atoms with E-state index in [-0.39, 0.29) is 5.91 Å². The molecule has 0 spiro atoms. The summed E-state index contributed by atoms with van der Waals surface area (Å²) in [5, 5.41) is 11.6. The van der Waals surface area contributed by atoms with Gasteiger partial charge in [0.05, 0.1) is 0 Å². The second-order valence-electron chi connectivity index (χ2n) is 3.63. The molecule has 0 heterocycles. The summed E-state index contributed by atoms with van der Waals surface area (Å²) in [6.45, 7) is 5.75. The quantitative estimate of drug-likeness (QED) is 0.543. The Morgan fingerprint density at radius 3 is 2.50 bits per heavy atom. The molecular weight excluding hydrogens is 156 g/mol. The Hall–Kier alpha value is -0.610. The van der Waals surface area contributed by atoms with Gasteiger partial charge >= 0.3 is 0 Å². The van der Waals surface area contributed by atoms with E-state index in [9.17, 15) is 4.79 Å². The number of nitrogens with one attached hydrogen (secondary N) is 1. The summed E-state index contributed by atoms with van der Waals surface area (Å²) in [7, 11) is 0. The van der Waals surface area contributed by atoms with Crippen LogP contribution < -0.4 is 11.1 Å². The maximum Gasteiger partial charge on any atom is 0.248 e. The highest BCUT2D eigenvalue weighted by Gasteiger charge is 2.16. The Labute approximate surface area is 73.1 Å². The van der Waals surface area contributed by atoms with Gasteiger partial charge in [-0.15, -0.1) is 0 Å². The molecule has 0 fully saturated rings. The van der Waals surface area contributed by atoms with Crippen molar-refractivity contribution in [3.8, 4) is 0 Å². The van der Waals surface area contributed by atoms with E-state index in [2.05, 4.69) is 5.32 Å². The molecule has 1 atom stereocenters. The van der Waals surface area contributed by atoms with Crippen molar-refractivity contribution in [3.63, 3.8) is 0 Å². The molecule has 0 saturated heterocycles. The Morgan fingerprint density at radius 1 is 1.67 bits per heavy atom. The van der Waals surface area contributed by atoms with E-state index in [1.165, 1.54) is 0 Å². The first-order valence-corrected chi connectivity index (χ1v) is 4.11. The number of amides is 1. The summed E-state index contributed by atoms with van der Waals surface area (Å²) in [5.41, 5.74) is 5.20. The fourth-order valence-electron chi connectivity index (χ4n) is 0.618. The van der Waals surface area contributed by atoms with Crippen molar-refractivity contribution in [3.05, 3.63) is 0 Å². The van der Waals surface area contributed by atoms with Crippen LogP contribution in [0.2, 0.25) is 0 Å². The molecule has 0 bridgehead atoms. The molecule has 4 nitrogen and oxygen atoms in total. The molecular formula is C8H18N2O2. The third-order valence-electron chi connectivity index (χ3n) is 1.41. The van der Waals surface area contributed by atoms with E-state index in [1.807, 2.05) is 13.8 Å². The maximum absolute atomic E-state index is 11.0. The zero-order valence-electron chi connectivity index (χ0n) is 7.92. The van der Waals surface area contributed by atoms with Crippen molar-refractivity contribution in [1.29, 1.82) is 0 Å². The summed E-state index contributed by atoms with van der Waals surface area (Å²) < 4.78 is 0. The standard InChI is InChI=1S/C8H18N2O2/c1-4-6(11)7(12)10-5-8(2,3)9/h6,11H,4-5,9H2,1-3H3,(H,10,12). The summed E-state index contributed by atoms with van der Waals surface area (Å²) >= 11 is 0. The fourth-order valence-corrected chi connectivity index (χ4v) is 0.618. The van der Waals surface area contributed by atoms with Crippen LogP contribution in [0.4, 0.5) is 0 Å². The molecule has 0 aromatic carbocycles. The molecule has 0 aliphatic rings. The summed E-state index contributed by atoms with van der Waals surface area (Å²) in [6, 6.07) is 0. The van der Waals surface area contributed by atoms with Crippen molar-refractivity contribution >= 4 is 5.91 Å². The number of carbonyl (C=O) groups is 1. The van der Waals surface area contributed by atoms with Crippen LogP contribution in [0.1, 0.15) is 27.2 Å². The van der Waals surface area contributed by atoms with Gasteiger partial charge < -0.3 is 16.2 Å². The first kappa shape index (κ1) is 11.4. The van der Waals surface area contributed by atoms with Crippen molar-refractivity contribution in [1.82, 2.24) is 5.32 Å². The Balaban J connectivity index is 3.72. The van der Waals surface area contributed by atoms with E-state index in [0.29, 0.717) is 13.0 Å². The van der Waals surface area contributed by atoms with E-state index in [1.54, 1.807) is 6.92 Å². The van der Waals surface area contributed by atoms with Crippen molar-refractivity contribution in [2.45, 2.75) is 38.8 Å². The highest BCUT2D eigenvalue weighted by atomic mass is 16.3. The molecule has 0 radical (unpaired) electrons. The Kier molecular flexibility index (Phi) is 4.20. The number of aliphatic hydroxyl groups excluding tert-OH is 1. The number of nitrogens with two attached hydrogens (primary N) is 1. The number of rotatable bonds is 4. The van der Waals surface area contributed by atoms with Gasteiger partial charge in [-0.3, -0.25) is 4.79 Å². The van der Waals surface area contributed by atoms with Crippen molar-refractivity contribution in [2.75, 3.05) is 6.54 Å². The lowest BCUT2D eigenvalue weighted by molar-refractivity contribution is -0.129. The molecule has 1 amide bonds. The largest absolute Gasteiger partial charge is 0.383 e. The number of aliphatic hydroxyl groups is 1. The van der Waals surface area contributed by atoms with Crippen LogP contribution in [-0.2, 0) is 4.79 Å². The van der Waals surface area contributed by atoms with E-state index in [4.69, 9.17) is 10.8 Å². The topological polar surface area (TPSA) is 75.3 Å². The molecule has 4 N–H and O–H groups in total. The predicted octanol–water partition coefficient (Wildman–Crippen LogP) is -0.389. The molecule has 0 aromatic heterocycles. The lowest BCUT2D eigenvalue weighted by Crippen LogP contribution is -2.47. The van der Waals surface area contributed by atoms with E-state index in [0.717, 1.165) is 0 Å². The van der Waals surface area contributed by atoms with Gasteiger partial charge in [0, 0.05) is 12.1 Å². The van der Waals surface area contributed by atoms with Gasteiger partial charge in [-0.25, -0.2) is 0 Å². The van der Waals surface area contributed by atoms with Crippen LogP contribution >= 0.6 is 0 Å². The summed E-state index contributed by atoms with van der Waals surface area (Å²) in [5.74, 6) is -0.351. The second kappa shape index (κ2) is 4.42. The van der Waals surface area contributed by atoms with Crippen LogP contribution in [-0.4, -0.2) is 29.2 Å². The minimum Gasteiger partial charge on any atom is -0.383 e. The van der Waals surface area contributed by atoms with Crippen LogP contribution in [0.3, 0.4) is 0 Å². The van der Waals surface area contributed by atoms with Crippen LogP contribution in [0.5, 0.6) is 0 Å². The SMILES string of the molecule is CCC(O)C(=O)NCC(C)(C)N. The number of hydrogen-bond donors (Lipinski definition) is 3. The monoisotopic (exact) mass is 174 g/mol. The van der Waals surface area contributed by atoms with Gasteiger partial charge in [-0.05, 0) is 20.3 Å². The Bertz CT molecular complexity index is 152. The van der Waals surface area contributed by atoms with E-state index >= 15 is 0 Å². The average molecular weight is 174 g/mol. The first-order chi connectivity index (χ1) is 5.37.